The Hall–Kier alpha value is -2.11. The Labute approximate surface area is 110 Å². The van der Waals surface area contributed by atoms with E-state index in [0.717, 1.165) is 0 Å². The predicted octanol–water partition coefficient (Wildman–Crippen LogP) is 1.27. The molecule has 1 amide bonds. The summed E-state index contributed by atoms with van der Waals surface area (Å²) in [5.41, 5.74) is -1.19. The van der Waals surface area contributed by atoms with Crippen LogP contribution >= 0.6 is 0 Å². The van der Waals surface area contributed by atoms with Crippen molar-refractivity contribution in [2.45, 2.75) is 19.4 Å². The molecule has 0 saturated heterocycles. The zero-order chi connectivity index (χ0) is 14.5. The number of methoxy groups -OCH3 is 1. The van der Waals surface area contributed by atoms with Crippen molar-refractivity contribution in [1.29, 1.82) is 0 Å². The molecular weight excluding hydrogens is 253 g/mol. The minimum Gasteiger partial charge on any atom is -0.478 e. The molecule has 0 heterocycles. The largest absolute Gasteiger partial charge is 0.478 e. The third kappa shape index (κ3) is 4.57. The Morgan fingerprint density at radius 1 is 1.26 bits per heavy atom. The fourth-order valence-corrected chi connectivity index (χ4v) is 1.28. The van der Waals surface area contributed by atoms with Crippen molar-refractivity contribution >= 4 is 11.9 Å². The fourth-order valence-electron chi connectivity index (χ4n) is 1.28. The number of carbonyl (C=O) groups excluding carboxylic acids is 2. The molecule has 0 fully saturated rings. The first-order chi connectivity index (χ1) is 8.85. The van der Waals surface area contributed by atoms with Crippen LogP contribution in [0.2, 0.25) is 0 Å². The van der Waals surface area contributed by atoms with Crippen molar-refractivity contribution in [1.82, 2.24) is 5.32 Å². The summed E-state index contributed by atoms with van der Waals surface area (Å²) < 4.78 is 22.6. The minimum atomic E-state index is -1.19. The van der Waals surface area contributed by atoms with Gasteiger partial charge in [-0.1, -0.05) is 0 Å². The molecule has 0 aliphatic rings. The maximum absolute atomic E-state index is 12.7. The molecule has 1 aromatic carbocycles. The standard InChI is InChI=1S/C13H16FNO4/c1-13(2,12(17)15-8-11(16)18-3)19-10-6-4-9(14)5-7-10/h4-7H,8H2,1-3H3,(H,15,17). The molecule has 0 saturated carbocycles. The SMILES string of the molecule is COC(=O)CNC(=O)C(C)(C)Oc1ccc(F)cc1. The van der Waals surface area contributed by atoms with E-state index in [1.54, 1.807) is 13.8 Å². The van der Waals surface area contributed by atoms with Gasteiger partial charge >= 0.3 is 5.97 Å². The minimum absolute atomic E-state index is 0.231. The maximum atomic E-state index is 12.7. The summed E-state index contributed by atoms with van der Waals surface area (Å²) in [4.78, 5) is 22.8. The number of nitrogens with one attached hydrogen (secondary N) is 1. The van der Waals surface area contributed by atoms with Crippen LogP contribution in [0.15, 0.2) is 24.3 Å². The summed E-state index contributed by atoms with van der Waals surface area (Å²) >= 11 is 0. The van der Waals surface area contributed by atoms with Gasteiger partial charge in [0.15, 0.2) is 5.60 Å². The topological polar surface area (TPSA) is 64.6 Å². The first-order valence-corrected chi connectivity index (χ1v) is 5.65. The van der Waals surface area contributed by atoms with Crippen LogP contribution in [-0.4, -0.2) is 31.1 Å². The molecule has 0 atom stereocenters. The van der Waals surface area contributed by atoms with E-state index in [-0.39, 0.29) is 12.4 Å². The van der Waals surface area contributed by atoms with E-state index < -0.39 is 17.5 Å². The highest BCUT2D eigenvalue weighted by atomic mass is 19.1. The highest BCUT2D eigenvalue weighted by molar-refractivity contribution is 5.87. The Kier molecular flexibility index (Phi) is 4.86. The second-order valence-corrected chi connectivity index (χ2v) is 4.33. The van der Waals surface area contributed by atoms with Crippen molar-refractivity contribution in [3.8, 4) is 5.75 Å². The first kappa shape index (κ1) is 14.9. The summed E-state index contributed by atoms with van der Waals surface area (Å²) in [6.07, 6.45) is 0. The Morgan fingerprint density at radius 2 is 1.84 bits per heavy atom. The van der Waals surface area contributed by atoms with Crippen molar-refractivity contribution in [2.24, 2.45) is 0 Å². The van der Waals surface area contributed by atoms with Gasteiger partial charge in [0.05, 0.1) is 7.11 Å². The molecule has 1 N–H and O–H groups in total. The van der Waals surface area contributed by atoms with Gasteiger partial charge in [-0.3, -0.25) is 9.59 Å². The number of hydrogen-bond donors (Lipinski definition) is 1. The summed E-state index contributed by atoms with van der Waals surface area (Å²) in [6.45, 7) is 2.86. The van der Waals surface area contributed by atoms with E-state index in [0.29, 0.717) is 5.75 Å². The summed E-state index contributed by atoms with van der Waals surface area (Å²) in [7, 11) is 1.23. The van der Waals surface area contributed by atoms with Gasteiger partial charge in [-0.05, 0) is 38.1 Å². The molecule has 0 aromatic heterocycles. The number of esters is 1. The smallest absolute Gasteiger partial charge is 0.325 e. The Morgan fingerprint density at radius 3 is 2.37 bits per heavy atom. The van der Waals surface area contributed by atoms with Gasteiger partial charge in [0.25, 0.3) is 5.91 Å². The third-order valence-corrected chi connectivity index (χ3v) is 2.35. The van der Waals surface area contributed by atoms with E-state index >= 15 is 0 Å². The predicted molar refractivity (Wildman–Crippen MR) is 66.1 cm³/mol. The molecule has 1 aromatic rings. The number of halogens is 1. The first-order valence-electron chi connectivity index (χ1n) is 5.65. The monoisotopic (exact) mass is 269 g/mol. The Balaban J connectivity index is 2.61. The summed E-state index contributed by atoms with van der Waals surface area (Å²) in [6, 6.07) is 5.31. The fraction of sp³-hybridized carbons (Fsp3) is 0.385. The molecule has 19 heavy (non-hydrogen) atoms. The second-order valence-electron chi connectivity index (χ2n) is 4.33. The van der Waals surface area contributed by atoms with Crippen molar-refractivity contribution in [3.63, 3.8) is 0 Å². The van der Waals surface area contributed by atoms with E-state index in [2.05, 4.69) is 10.1 Å². The molecule has 0 bridgehead atoms. The van der Waals surface area contributed by atoms with Crippen molar-refractivity contribution in [3.05, 3.63) is 30.1 Å². The van der Waals surface area contributed by atoms with Gasteiger partial charge in [-0.15, -0.1) is 0 Å². The van der Waals surface area contributed by atoms with E-state index in [1.165, 1.54) is 31.4 Å². The average Bonchev–Trinajstić information content (AvgIpc) is 2.37. The number of amides is 1. The quantitative estimate of drug-likeness (QED) is 0.818. The van der Waals surface area contributed by atoms with Crippen LogP contribution in [0.25, 0.3) is 0 Å². The zero-order valence-electron chi connectivity index (χ0n) is 11.0. The Bertz CT molecular complexity index is 456. The van der Waals surface area contributed by atoms with E-state index in [1.807, 2.05) is 0 Å². The third-order valence-electron chi connectivity index (χ3n) is 2.35. The number of rotatable bonds is 5. The van der Waals surface area contributed by atoms with Crippen molar-refractivity contribution in [2.75, 3.05) is 13.7 Å². The molecule has 0 unspecified atom stereocenters. The lowest BCUT2D eigenvalue weighted by Gasteiger charge is -2.25. The summed E-state index contributed by atoms with van der Waals surface area (Å²) in [5, 5.41) is 2.39. The zero-order valence-corrected chi connectivity index (χ0v) is 11.0. The van der Waals surface area contributed by atoms with E-state index in [4.69, 9.17) is 4.74 Å². The van der Waals surface area contributed by atoms with Crippen molar-refractivity contribution < 1.29 is 23.5 Å². The van der Waals surface area contributed by atoms with E-state index in [9.17, 15) is 14.0 Å². The van der Waals surface area contributed by atoms with Gasteiger partial charge in [-0.25, -0.2) is 4.39 Å². The second kappa shape index (κ2) is 6.17. The van der Waals surface area contributed by atoms with Gasteiger partial charge in [0.2, 0.25) is 0 Å². The molecule has 104 valence electrons. The van der Waals surface area contributed by atoms with Crippen LogP contribution < -0.4 is 10.1 Å². The lowest BCUT2D eigenvalue weighted by atomic mass is 10.1. The highest BCUT2D eigenvalue weighted by Gasteiger charge is 2.30. The molecule has 0 radical (unpaired) electrons. The van der Waals surface area contributed by atoms with Crippen LogP contribution in [0.5, 0.6) is 5.75 Å². The van der Waals surface area contributed by atoms with Crippen LogP contribution in [0.4, 0.5) is 4.39 Å². The molecule has 6 heteroatoms. The molecule has 0 aliphatic heterocycles. The van der Waals surface area contributed by atoms with Crippen LogP contribution in [-0.2, 0) is 14.3 Å². The van der Waals surface area contributed by atoms with Crippen LogP contribution in [0.3, 0.4) is 0 Å². The van der Waals surface area contributed by atoms with Gasteiger partial charge < -0.3 is 14.8 Å². The molecular formula is C13H16FNO4. The lowest BCUT2D eigenvalue weighted by Crippen LogP contribution is -2.48. The highest BCUT2D eigenvalue weighted by Crippen LogP contribution is 2.18. The molecule has 0 spiro atoms. The number of ether oxygens (including phenoxy) is 2. The molecule has 0 aliphatic carbocycles. The molecule has 1 rings (SSSR count). The lowest BCUT2D eigenvalue weighted by molar-refractivity contribution is -0.143. The van der Waals surface area contributed by atoms with Crippen LogP contribution in [0.1, 0.15) is 13.8 Å². The maximum Gasteiger partial charge on any atom is 0.325 e. The van der Waals surface area contributed by atoms with Gasteiger partial charge in [-0.2, -0.15) is 0 Å². The number of benzene rings is 1. The average molecular weight is 269 g/mol. The van der Waals surface area contributed by atoms with Crippen LogP contribution in [0, 0.1) is 5.82 Å². The number of hydrogen-bond acceptors (Lipinski definition) is 4. The summed E-state index contributed by atoms with van der Waals surface area (Å²) in [5.74, 6) is -1.05. The normalized spacial score (nSPS) is 10.7. The van der Waals surface area contributed by atoms with Gasteiger partial charge in [0, 0.05) is 0 Å². The molecule has 5 nitrogen and oxygen atoms in total. The number of carbonyl (C=O) groups is 2. The van der Waals surface area contributed by atoms with Gasteiger partial charge in [0.1, 0.15) is 18.1 Å².